The van der Waals surface area contributed by atoms with Gasteiger partial charge in [0.25, 0.3) is 5.79 Å². The van der Waals surface area contributed by atoms with Gasteiger partial charge >= 0.3 is 0 Å². The van der Waals surface area contributed by atoms with Gasteiger partial charge in [-0.05, 0) is 171 Å². The van der Waals surface area contributed by atoms with Crippen molar-refractivity contribution in [3.63, 3.8) is 0 Å². The van der Waals surface area contributed by atoms with E-state index in [0.29, 0.717) is 71.1 Å². The second-order valence-electron chi connectivity index (χ2n) is 29.1. The number of H-pyrrole nitrogens is 2. The highest BCUT2D eigenvalue weighted by Gasteiger charge is 2.78. The standard InChI is InChI=1S/C69H73N5O10/c1-35-24-39-49(44(75)25-35)56(78)51-45-26-38-37(50(51)55(39)77)13-23-71-60(38)72-31-48(76)66-33-63(16-4-5-17-63)42-12-8-10-36-11-9-20-65(18-6-7-19-65)68(36,47-30-70-34-73-47)46-27-40(52(42)66)54(74-46)41-28-67(83-45)58(80)57(79)59(81)69(84-67)53(41)43(66)29-64(61(69)82)22-21-62(32-64)14-2-3-15-62/h13,23-28,30,34,36,42,48,52,57-59,61,74-76,79-82H,2-7,9-11,14-22,29,31-33H2,1H3,(H,70,73)(H,71,72). The number of hydrogen-bond acceptors (Lipinski definition) is 13. The molecule has 0 radical (unpaired) electrons. The number of anilines is 1. The van der Waals surface area contributed by atoms with Crippen LogP contribution in [0, 0.1) is 57.7 Å². The van der Waals surface area contributed by atoms with Crippen LogP contribution >= 0.6 is 0 Å². The van der Waals surface area contributed by atoms with E-state index in [0.717, 1.165) is 125 Å². The number of pyridine rings is 1. The number of aromatic amines is 2. The highest BCUT2D eigenvalue weighted by molar-refractivity contribution is 6.34. The van der Waals surface area contributed by atoms with E-state index in [4.69, 9.17) is 19.4 Å². The molecule has 10 aliphatic carbocycles. The Labute approximate surface area is 487 Å². The van der Waals surface area contributed by atoms with Crippen molar-refractivity contribution in [2.75, 3.05) is 11.9 Å². The maximum Gasteiger partial charge on any atom is 0.261 e. The van der Waals surface area contributed by atoms with E-state index >= 15 is 9.59 Å². The van der Waals surface area contributed by atoms with Crippen molar-refractivity contribution >= 4 is 33.7 Å². The number of nitrogens with one attached hydrogen (secondary N) is 3. The first kappa shape index (κ1) is 51.1. The van der Waals surface area contributed by atoms with Crippen LogP contribution in [0.15, 0.2) is 66.3 Å². The molecule has 7 spiro atoms. The number of aryl methyl sites for hydroxylation is 1. The molecular formula is C69H73N5O10. The van der Waals surface area contributed by atoms with Crippen LogP contribution < -0.4 is 10.1 Å². The van der Waals surface area contributed by atoms with E-state index in [1.54, 1.807) is 43.7 Å². The third-order valence-corrected chi connectivity index (χ3v) is 25.7. The molecule has 3 aromatic heterocycles. The first-order valence-electron chi connectivity index (χ1n) is 31.7. The molecule has 7 fully saturated rings. The van der Waals surface area contributed by atoms with Crippen molar-refractivity contribution in [3.8, 4) is 23.3 Å². The number of ketones is 2. The van der Waals surface area contributed by atoms with Gasteiger partial charge in [0.05, 0.1) is 35.1 Å². The lowest BCUT2D eigenvalue weighted by Gasteiger charge is -2.64. The molecule has 1 saturated heterocycles. The fraction of sp³-hybridized carbons (Fsp3) is 0.565. The largest absolute Gasteiger partial charge is 0.507 e. The average Bonchev–Trinajstić information content (AvgIpc) is 1.37. The molecule has 9 N–H and O–H groups in total. The summed E-state index contributed by atoms with van der Waals surface area (Å²) in [6, 6.07) is 8.74. The zero-order chi connectivity index (χ0) is 56.9. The lowest BCUT2D eigenvalue weighted by molar-refractivity contribution is -0.366. The van der Waals surface area contributed by atoms with E-state index in [-0.39, 0.29) is 68.4 Å². The average molecular weight is 1130 g/mol. The Morgan fingerprint density at radius 2 is 1.57 bits per heavy atom. The number of benzene rings is 2. The third kappa shape index (κ3) is 5.88. The van der Waals surface area contributed by atoms with Gasteiger partial charge in [-0.2, -0.15) is 0 Å². The number of rotatable bonds is 1. The Bertz CT molecular complexity index is 3910. The first-order chi connectivity index (χ1) is 40.6. The Hall–Kier alpha value is -6.12. The van der Waals surface area contributed by atoms with Crippen LogP contribution in [0.25, 0.3) is 16.3 Å². The summed E-state index contributed by atoms with van der Waals surface area (Å²) in [6.45, 7) is 1.73. The number of imidazole rings is 1. The molecular weight excluding hydrogens is 1060 g/mol. The fourth-order valence-electron chi connectivity index (χ4n) is 22.7. The topological polar surface area (TPSA) is 243 Å². The van der Waals surface area contributed by atoms with Crippen LogP contribution in [0.2, 0.25) is 0 Å². The molecule has 19 rings (SSSR count). The maximum absolute atomic E-state index is 15.5. The SMILES string of the molecule is Cc1cc(O)c2c(c1)C(=O)c1c(c3cc4c(nccc14)NCC(O)C14CC5(CCCC5)C5C#CCC6CCCC7(CCCC7)C6(c6cnc[nH]6)c6cc(c([nH]6)C6=CC7(O3)OC3(C6=C1CC1(CCC6(CCCC6)C1)C3O)C(O)C(O)C7O)C54)C2=O. The summed E-state index contributed by atoms with van der Waals surface area (Å²) in [4.78, 5) is 48.6. The number of aromatic hydroxyl groups is 1. The Morgan fingerprint density at radius 1 is 0.786 bits per heavy atom. The summed E-state index contributed by atoms with van der Waals surface area (Å²) >= 11 is 0. The van der Waals surface area contributed by atoms with Crippen LogP contribution in [0.3, 0.4) is 0 Å². The van der Waals surface area contributed by atoms with Gasteiger partial charge in [-0.25, -0.2) is 9.97 Å². The van der Waals surface area contributed by atoms with Gasteiger partial charge in [0.15, 0.2) is 17.5 Å². The molecule has 15 heteroatoms. The zero-order valence-corrected chi connectivity index (χ0v) is 47.6. The van der Waals surface area contributed by atoms with Crippen molar-refractivity contribution in [1.29, 1.82) is 0 Å². The Balaban J connectivity index is 0.998. The molecule has 14 aliphatic rings. The summed E-state index contributed by atoms with van der Waals surface area (Å²) in [5, 5.41) is 85.0. The first-order valence-corrected chi connectivity index (χ1v) is 31.7. The van der Waals surface area contributed by atoms with Crippen LogP contribution in [0.4, 0.5) is 5.82 Å². The van der Waals surface area contributed by atoms with E-state index in [1.165, 1.54) is 6.07 Å². The predicted octanol–water partition coefficient (Wildman–Crippen LogP) is 9.40. The quantitative estimate of drug-likeness (QED) is 0.0698. The molecule has 7 heterocycles. The third-order valence-electron chi connectivity index (χ3n) is 25.7. The monoisotopic (exact) mass is 1130 g/mol. The maximum atomic E-state index is 15.5. The van der Waals surface area contributed by atoms with E-state index in [9.17, 15) is 30.6 Å². The molecule has 13 unspecified atom stereocenters. The number of carbonyl (C=O) groups is 2. The zero-order valence-electron chi connectivity index (χ0n) is 47.6. The van der Waals surface area contributed by atoms with Crippen LogP contribution in [-0.4, -0.2) is 111 Å². The number of carbonyl (C=O) groups excluding carboxylic acids is 2. The van der Waals surface area contributed by atoms with Crippen LogP contribution in [-0.2, 0) is 10.2 Å². The minimum atomic E-state index is -2.49. The normalized spacial score (nSPS) is 39.0. The van der Waals surface area contributed by atoms with E-state index in [2.05, 4.69) is 33.2 Å². The molecule has 0 amide bonds. The number of aromatic nitrogens is 4. The number of phenols is 1. The summed E-state index contributed by atoms with van der Waals surface area (Å²) < 4.78 is 15.2. The molecule has 10 bridgehead atoms. The van der Waals surface area contributed by atoms with Crippen molar-refractivity contribution in [3.05, 3.63) is 117 Å². The number of aliphatic hydroxyl groups excluding tert-OH is 5. The van der Waals surface area contributed by atoms with Gasteiger partial charge in [0.2, 0.25) is 5.78 Å². The highest BCUT2D eigenvalue weighted by atomic mass is 16.7. The van der Waals surface area contributed by atoms with E-state index < -0.39 is 75.6 Å². The fourth-order valence-corrected chi connectivity index (χ4v) is 22.7. The number of ether oxygens (including phenoxy) is 2. The molecule has 5 aromatic rings. The van der Waals surface area contributed by atoms with Crippen LogP contribution in [0.1, 0.15) is 201 Å². The highest BCUT2D eigenvalue weighted by Crippen LogP contribution is 2.78. The molecule has 4 aliphatic heterocycles. The van der Waals surface area contributed by atoms with Gasteiger partial charge in [0, 0.05) is 87.2 Å². The lowest BCUT2D eigenvalue weighted by Crippen LogP contribution is -2.79. The number of aliphatic hydroxyl groups is 5. The Morgan fingerprint density at radius 3 is 2.37 bits per heavy atom. The smallest absolute Gasteiger partial charge is 0.261 e. The second kappa shape index (κ2) is 16.7. The summed E-state index contributed by atoms with van der Waals surface area (Å²) in [7, 11) is 0. The number of fused-ring (bicyclic) bond motifs is 10. The van der Waals surface area contributed by atoms with Gasteiger partial charge in [-0.1, -0.05) is 56.4 Å². The van der Waals surface area contributed by atoms with Gasteiger partial charge in [0.1, 0.15) is 29.5 Å². The predicted molar refractivity (Wildman–Crippen MR) is 309 cm³/mol. The number of phenolic OH excluding ortho intramolecular Hbond substituents is 1. The summed E-state index contributed by atoms with van der Waals surface area (Å²) in [5.41, 5.74) is 0.385. The van der Waals surface area contributed by atoms with Crippen LogP contribution in [0.5, 0.6) is 11.5 Å². The van der Waals surface area contributed by atoms with Crippen molar-refractivity contribution < 1.29 is 49.7 Å². The van der Waals surface area contributed by atoms with Gasteiger partial charge in [-0.3, -0.25) is 9.59 Å². The summed E-state index contributed by atoms with van der Waals surface area (Å²) in [6.07, 6.45) is 17.5. The molecule has 13 atom stereocenters. The second-order valence-corrected chi connectivity index (χ2v) is 29.1. The molecule has 15 nitrogen and oxygen atoms in total. The van der Waals surface area contributed by atoms with Gasteiger partial charge in [-0.15, -0.1) is 5.92 Å². The molecule has 434 valence electrons. The minimum Gasteiger partial charge on any atom is -0.507 e. The molecule has 84 heavy (non-hydrogen) atoms. The number of nitrogens with zero attached hydrogens (tertiary/aromatic N) is 2. The Kier molecular flexibility index (Phi) is 10.2. The minimum absolute atomic E-state index is 0.00795. The summed E-state index contributed by atoms with van der Waals surface area (Å²) in [5.74, 6) is 3.62. The van der Waals surface area contributed by atoms with Crippen molar-refractivity contribution in [1.82, 2.24) is 19.9 Å². The van der Waals surface area contributed by atoms with Crippen molar-refractivity contribution in [2.24, 2.45) is 38.9 Å². The number of hydrogen-bond donors (Lipinski definition) is 9. The van der Waals surface area contributed by atoms with E-state index in [1.807, 2.05) is 6.20 Å². The molecule has 6 saturated carbocycles. The molecule has 2 aromatic carbocycles. The van der Waals surface area contributed by atoms with Gasteiger partial charge < -0.3 is 55.4 Å². The lowest BCUT2D eigenvalue weighted by atomic mass is 9.47. The van der Waals surface area contributed by atoms with Crippen molar-refractivity contribution in [2.45, 2.75) is 195 Å².